The molecular formula is C17H17N5O2S2. The van der Waals surface area contributed by atoms with Gasteiger partial charge in [0.05, 0.1) is 10.6 Å². The Labute approximate surface area is 158 Å². The van der Waals surface area contributed by atoms with Gasteiger partial charge in [-0.25, -0.2) is 0 Å². The minimum Gasteiger partial charge on any atom is -0.302 e. The lowest BCUT2D eigenvalue weighted by molar-refractivity contribution is -0.119. The van der Waals surface area contributed by atoms with Gasteiger partial charge in [0.2, 0.25) is 5.91 Å². The van der Waals surface area contributed by atoms with Crippen molar-refractivity contribution in [3.05, 3.63) is 52.7 Å². The largest absolute Gasteiger partial charge is 0.302 e. The lowest BCUT2D eigenvalue weighted by Gasteiger charge is -2.08. The van der Waals surface area contributed by atoms with Crippen molar-refractivity contribution in [2.45, 2.75) is 18.6 Å². The first-order valence-corrected chi connectivity index (χ1v) is 9.79. The maximum absolute atomic E-state index is 12.0. The number of amides is 2. The first kappa shape index (κ1) is 18.2. The van der Waals surface area contributed by atoms with Crippen molar-refractivity contribution in [2.75, 3.05) is 5.75 Å². The molecule has 0 aliphatic rings. The topological polar surface area (TPSA) is 88.9 Å². The number of nitrogens with zero attached hydrogens (tertiary/aromatic N) is 3. The lowest BCUT2D eigenvalue weighted by Crippen LogP contribution is -2.42. The number of carbonyl (C=O) groups is 2. The van der Waals surface area contributed by atoms with E-state index in [4.69, 9.17) is 0 Å². The molecule has 9 heteroatoms. The number of carbonyl (C=O) groups excluding carboxylic acids is 2. The number of thiophene rings is 1. The van der Waals surface area contributed by atoms with Crippen LogP contribution in [0, 0.1) is 0 Å². The SMILES string of the molecule is CCn1c(SCC(=O)NNC(=O)c2cccs2)nnc1-c1ccccc1. The number of hydrazine groups is 1. The minimum atomic E-state index is -0.332. The predicted molar refractivity (Wildman–Crippen MR) is 102 cm³/mol. The van der Waals surface area contributed by atoms with Crippen LogP contribution in [0.15, 0.2) is 53.0 Å². The van der Waals surface area contributed by atoms with Crippen LogP contribution in [0.25, 0.3) is 11.4 Å². The zero-order valence-corrected chi connectivity index (χ0v) is 15.6. The van der Waals surface area contributed by atoms with Crippen LogP contribution >= 0.6 is 23.1 Å². The van der Waals surface area contributed by atoms with Crippen LogP contribution in [-0.4, -0.2) is 32.3 Å². The molecule has 134 valence electrons. The van der Waals surface area contributed by atoms with E-state index < -0.39 is 0 Å². The standard InChI is InChI=1S/C17H17N5O2S2/c1-2-22-15(12-7-4-3-5-8-12)19-21-17(22)26-11-14(23)18-20-16(24)13-9-6-10-25-13/h3-10H,2,11H2,1H3,(H,18,23)(H,20,24). The highest BCUT2D eigenvalue weighted by molar-refractivity contribution is 7.99. The number of benzene rings is 1. The highest BCUT2D eigenvalue weighted by Crippen LogP contribution is 2.23. The predicted octanol–water partition coefficient (Wildman–Crippen LogP) is 2.58. The quantitative estimate of drug-likeness (QED) is 0.501. The van der Waals surface area contributed by atoms with Gasteiger partial charge >= 0.3 is 0 Å². The van der Waals surface area contributed by atoms with Crippen molar-refractivity contribution in [3.63, 3.8) is 0 Å². The van der Waals surface area contributed by atoms with Crippen LogP contribution in [0.3, 0.4) is 0 Å². The van der Waals surface area contributed by atoms with Gasteiger partial charge in [-0.15, -0.1) is 21.5 Å². The molecule has 0 saturated heterocycles. The first-order chi connectivity index (χ1) is 12.7. The minimum absolute atomic E-state index is 0.123. The van der Waals surface area contributed by atoms with E-state index in [1.807, 2.05) is 41.8 Å². The second-order valence-electron chi connectivity index (χ2n) is 5.18. The fourth-order valence-electron chi connectivity index (χ4n) is 2.24. The molecule has 0 saturated carbocycles. The molecule has 2 aromatic heterocycles. The molecule has 2 N–H and O–H groups in total. The molecule has 7 nitrogen and oxygen atoms in total. The third-order valence-electron chi connectivity index (χ3n) is 3.46. The molecule has 3 rings (SSSR count). The molecule has 0 atom stereocenters. The number of nitrogens with one attached hydrogen (secondary N) is 2. The summed E-state index contributed by atoms with van der Waals surface area (Å²) in [5, 5.41) is 10.9. The van der Waals surface area contributed by atoms with E-state index in [1.54, 1.807) is 17.5 Å². The summed E-state index contributed by atoms with van der Waals surface area (Å²) in [7, 11) is 0. The summed E-state index contributed by atoms with van der Waals surface area (Å²) in [6, 6.07) is 13.2. The average molecular weight is 387 g/mol. The Balaban J connectivity index is 1.57. The van der Waals surface area contributed by atoms with E-state index in [2.05, 4.69) is 21.0 Å². The first-order valence-electron chi connectivity index (χ1n) is 7.93. The van der Waals surface area contributed by atoms with Crippen LogP contribution in [0.5, 0.6) is 0 Å². The van der Waals surface area contributed by atoms with E-state index in [-0.39, 0.29) is 17.6 Å². The fourth-order valence-corrected chi connectivity index (χ4v) is 3.66. The Morgan fingerprint density at radius 1 is 1.12 bits per heavy atom. The summed E-state index contributed by atoms with van der Waals surface area (Å²) in [5.74, 6) is 0.243. The molecule has 0 bridgehead atoms. The van der Waals surface area contributed by atoms with Gasteiger partial charge in [-0.3, -0.25) is 20.4 Å². The van der Waals surface area contributed by atoms with Crippen LogP contribution in [0.1, 0.15) is 16.6 Å². The molecule has 0 aliphatic heterocycles. The van der Waals surface area contributed by atoms with Crippen molar-refractivity contribution in [1.82, 2.24) is 25.6 Å². The monoisotopic (exact) mass is 387 g/mol. The summed E-state index contributed by atoms with van der Waals surface area (Å²) < 4.78 is 1.96. The van der Waals surface area contributed by atoms with Crippen LogP contribution in [0.4, 0.5) is 0 Å². The number of aromatic nitrogens is 3. The summed E-state index contributed by atoms with van der Waals surface area (Å²) in [4.78, 5) is 24.3. The van der Waals surface area contributed by atoms with E-state index in [1.165, 1.54) is 23.1 Å². The zero-order chi connectivity index (χ0) is 18.4. The Hall–Kier alpha value is -2.65. The molecule has 0 unspecified atom stereocenters. The number of hydrogen-bond donors (Lipinski definition) is 2. The molecular weight excluding hydrogens is 370 g/mol. The third kappa shape index (κ3) is 4.30. The molecule has 3 aromatic rings. The second-order valence-corrected chi connectivity index (χ2v) is 7.07. The van der Waals surface area contributed by atoms with Gasteiger partial charge in [0.25, 0.3) is 5.91 Å². The van der Waals surface area contributed by atoms with Gasteiger partial charge in [-0.05, 0) is 18.4 Å². The second kappa shape index (κ2) is 8.63. The highest BCUT2D eigenvalue weighted by Gasteiger charge is 2.15. The smallest absolute Gasteiger partial charge is 0.279 e. The summed E-state index contributed by atoms with van der Waals surface area (Å²) in [6.45, 7) is 2.69. The van der Waals surface area contributed by atoms with Crippen molar-refractivity contribution in [3.8, 4) is 11.4 Å². The fraction of sp³-hybridized carbons (Fsp3) is 0.176. The van der Waals surface area contributed by atoms with Gasteiger partial charge in [-0.2, -0.15) is 0 Å². The van der Waals surface area contributed by atoms with Crippen molar-refractivity contribution >= 4 is 34.9 Å². The van der Waals surface area contributed by atoms with Gasteiger partial charge in [0.15, 0.2) is 11.0 Å². The van der Waals surface area contributed by atoms with Crippen molar-refractivity contribution in [1.29, 1.82) is 0 Å². The molecule has 0 radical (unpaired) electrons. The van der Waals surface area contributed by atoms with E-state index >= 15 is 0 Å². The molecule has 0 fully saturated rings. The molecule has 26 heavy (non-hydrogen) atoms. The zero-order valence-electron chi connectivity index (χ0n) is 14.0. The Morgan fingerprint density at radius 2 is 1.92 bits per heavy atom. The maximum Gasteiger partial charge on any atom is 0.279 e. The van der Waals surface area contributed by atoms with Crippen LogP contribution in [0.2, 0.25) is 0 Å². The maximum atomic E-state index is 12.0. The molecule has 2 amide bonds. The number of thioether (sulfide) groups is 1. The van der Waals surface area contributed by atoms with Crippen molar-refractivity contribution < 1.29 is 9.59 Å². The van der Waals surface area contributed by atoms with Gasteiger partial charge in [0.1, 0.15) is 0 Å². The lowest BCUT2D eigenvalue weighted by atomic mass is 10.2. The summed E-state index contributed by atoms with van der Waals surface area (Å²) in [6.07, 6.45) is 0. The molecule has 2 heterocycles. The average Bonchev–Trinajstić information content (AvgIpc) is 3.34. The highest BCUT2D eigenvalue weighted by atomic mass is 32.2. The van der Waals surface area contributed by atoms with E-state index in [0.29, 0.717) is 16.6 Å². The Morgan fingerprint density at radius 3 is 2.62 bits per heavy atom. The van der Waals surface area contributed by atoms with Gasteiger partial charge in [0, 0.05) is 12.1 Å². The summed E-state index contributed by atoms with van der Waals surface area (Å²) in [5.41, 5.74) is 5.78. The van der Waals surface area contributed by atoms with Gasteiger partial charge in [-0.1, -0.05) is 48.2 Å². The molecule has 1 aromatic carbocycles. The Bertz CT molecular complexity index is 878. The van der Waals surface area contributed by atoms with Crippen molar-refractivity contribution in [2.24, 2.45) is 0 Å². The van der Waals surface area contributed by atoms with E-state index in [9.17, 15) is 9.59 Å². The molecule has 0 aliphatic carbocycles. The normalized spacial score (nSPS) is 10.5. The van der Waals surface area contributed by atoms with Gasteiger partial charge < -0.3 is 4.57 Å². The molecule has 0 spiro atoms. The van der Waals surface area contributed by atoms with E-state index in [0.717, 1.165) is 11.4 Å². The number of rotatable bonds is 6. The third-order valence-corrected chi connectivity index (χ3v) is 5.29. The Kier molecular flexibility index (Phi) is 6.03. The number of hydrogen-bond acceptors (Lipinski definition) is 6. The summed E-state index contributed by atoms with van der Waals surface area (Å²) >= 11 is 2.58. The van der Waals surface area contributed by atoms with Crippen LogP contribution < -0.4 is 10.9 Å². The van der Waals surface area contributed by atoms with Crippen LogP contribution in [-0.2, 0) is 11.3 Å².